The molecule has 0 bridgehead atoms. The first-order valence-corrected chi connectivity index (χ1v) is 12.8. The summed E-state index contributed by atoms with van der Waals surface area (Å²) in [5.41, 5.74) is 5.15. The van der Waals surface area contributed by atoms with E-state index in [0.717, 1.165) is 48.1 Å². The van der Waals surface area contributed by atoms with Crippen molar-refractivity contribution < 1.29 is 9.59 Å². The van der Waals surface area contributed by atoms with Gasteiger partial charge in [0.25, 0.3) is 5.91 Å². The molecule has 3 heterocycles. The van der Waals surface area contributed by atoms with E-state index < -0.39 is 0 Å². The molecule has 1 aliphatic heterocycles. The second kappa shape index (κ2) is 8.80. The van der Waals surface area contributed by atoms with E-state index in [9.17, 15) is 14.9 Å². The summed E-state index contributed by atoms with van der Waals surface area (Å²) in [6, 6.07) is 10.0. The number of aryl methyl sites for hydroxylation is 2. The second-order valence-electron chi connectivity index (χ2n) is 10.8. The van der Waals surface area contributed by atoms with Crippen molar-refractivity contribution in [3.05, 3.63) is 70.2 Å². The van der Waals surface area contributed by atoms with Gasteiger partial charge in [-0.15, -0.1) is 5.10 Å². The third-order valence-corrected chi connectivity index (χ3v) is 8.17. The Labute approximate surface area is 215 Å². The minimum atomic E-state index is -0.247. The maximum Gasteiger partial charge on any atom is 0.273 e. The number of nitrogens with zero attached hydrogens (tertiary/aromatic N) is 6. The van der Waals surface area contributed by atoms with Gasteiger partial charge < -0.3 is 5.32 Å². The lowest BCUT2D eigenvalue weighted by Crippen LogP contribution is -2.43. The van der Waals surface area contributed by atoms with Gasteiger partial charge in [0.15, 0.2) is 5.69 Å². The van der Waals surface area contributed by atoms with Crippen molar-refractivity contribution in [2.45, 2.75) is 58.0 Å². The van der Waals surface area contributed by atoms with Crippen LogP contribution in [0, 0.1) is 37.0 Å². The average molecular weight is 496 g/mol. The van der Waals surface area contributed by atoms with Crippen molar-refractivity contribution >= 4 is 17.6 Å². The lowest BCUT2D eigenvalue weighted by atomic mass is 9.74. The molecule has 1 saturated heterocycles. The van der Waals surface area contributed by atoms with Gasteiger partial charge >= 0.3 is 0 Å². The molecular weight excluding hydrogens is 466 g/mol. The van der Waals surface area contributed by atoms with E-state index in [0.29, 0.717) is 17.3 Å². The number of hydrogen-bond acceptors (Lipinski definition) is 6. The van der Waals surface area contributed by atoms with Crippen molar-refractivity contribution in [1.29, 1.82) is 5.26 Å². The number of rotatable bonds is 6. The van der Waals surface area contributed by atoms with Gasteiger partial charge in [-0.2, -0.15) is 5.26 Å². The van der Waals surface area contributed by atoms with E-state index in [-0.39, 0.29) is 41.4 Å². The molecule has 0 unspecified atom stereocenters. The highest BCUT2D eigenvalue weighted by Crippen LogP contribution is 2.47. The van der Waals surface area contributed by atoms with Crippen molar-refractivity contribution in [3.8, 4) is 6.07 Å². The number of nitrogens with one attached hydrogen (secondary N) is 1. The van der Waals surface area contributed by atoms with Crippen LogP contribution in [0.5, 0.6) is 0 Å². The number of amides is 2. The Bertz CT molecular complexity index is 1450. The van der Waals surface area contributed by atoms with E-state index in [1.165, 1.54) is 0 Å². The molecule has 1 aromatic carbocycles. The standard InChI is InChI=1S/C28H29N7O2/c1-15-4-5-18(11-29)22(6-15)19-8-21(9-19)31-27(36)25-14-35(33-32-25)17(3)24-12-30-26(7-16(24)2)34-13-20-10-23(20)28(34)37/h4-7,12,14,17,19-21,23H,8-10,13H2,1-3H3,(H,31,36)/t17-,19?,20-,21?,23-/m1/s1. The average Bonchev–Trinajstić information content (AvgIpc) is 3.31. The van der Waals surface area contributed by atoms with Crippen LogP contribution >= 0.6 is 0 Å². The summed E-state index contributed by atoms with van der Waals surface area (Å²) in [6.45, 7) is 6.77. The Morgan fingerprint density at radius 1 is 1.22 bits per heavy atom. The van der Waals surface area contributed by atoms with E-state index in [4.69, 9.17) is 0 Å². The minimum Gasteiger partial charge on any atom is -0.348 e. The summed E-state index contributed by atoms with van der Waals surface area (Å²) in [5, 5.41) is 20.8. The van der Waals surface area contributed by atoms with Crippen molar-refractivity contribution in [1.82, 2.24) is 25.3 Å². The van der Waals surface area contributed by atoms with E-state index >= 15 is 0 Å². The Morgan fingerprint density at radius 2 is 2.03 bits per heavy atom. The molecule has 2 aliphatic carbocycles. The third-order valence-electron chi connectivity index (χ3n) is 8.17. The van der Waals surface area contributed by atoms with Crippen LogP contribution in [0.15, 0.2) is 36.7 Å². The number of piperidine rings is 1. The van der Waals surface area contributed by atoms with Crippen LogP contribution in [0.2, 0.25) is 0 Å². The molecular formula is C28H29N7O2. The molecule has 9 heteroatoms. The van der Waals surface area contributed by atoms with Crippen LogP contribution in [0.25, 0.3) is 0 Å². The maximum absolute atomic E-state index is 12.8. The first kappa shape index (κ1) is 23.3. The number of carbonyl (C=O) groups excluding carboxylic acids is 2. The van der Waals surface area contributed by atoms with E-state index in [2.05, 4.69) is 32.7 Å². The van der Waals surface area contributed by atoms with Crippen molar-refractivity contribution in [2.75, 3.05) is 11.4 Å². The normalized spacial score (nSPS) is 24.7. The SMILES string of the molecule is Cc1ccc(C#N)c(C2CC(NC(=O)c3cn([C@H](C)c4cnc(N5C[C@H]6C[C@H]6C5=O)cc4C)nn3)C2)c1. The van der Waals surface area contributed by atoms with Gasteiger partial charge in [0.1, 0.15) is 5.82 Å². The molecule has 3 aromatic rings. The lowest BCUT2D eigenvalue weighted by Gasteiger charge is -2.36. The molecule has 2 amide bonds. The summed E-state index contributed by atoms with van der Waals surface area (Å²) >= 11 is 0. The summed E-state index contributed by atoms with van der Waals surface area (Å²) in [6.07, 6.45) is 6.07. The Balaban J connectivity index is 1.08. The number of benzene rings is 1. The van der Waals surface area contributed by atoms with Gasteiger partial charge in [-0.3, -0.25) is 14.5 Å². The maximum atomic E-state index is 12.8. The first-order valence-electron chi connectivity index (χ1n) is 12.8. The summed E-state index contributed by atoms with van der Waals surface area (Å²) in [5.74, 6) is 1.61. The Hall–Kier alpha value is -4.06. The fourth-order valence-corrected chi connectivity index (χ4v) is 5.70. The Kier molecular flexibility index (Phi) is 5.55. The highest BCUT2D eigenvalue weighted by molar-refractivity contribution is 5.99. The molecule has 2 aromatic heterocycles. The van der Waals surface area contributed by atoms with Crippen molar-refractivity contribution in [3.63, 3.8) is 0 Å². The van der Waals surface area contributed by atoms with Crippen LogP contribution in [0.1, 0.15) is 76.5 Å². The highest BCUT2D eigenvalue weighted by Gasteiger charge is 2.52. The third kappa shape index (κ3) is 4.16. The minimum absolute atomic E-state index is 0.0467. The number of nitriles is 1. The summed E-state index contributed by atoms with van der Waals surface area (Å²) in [7, 11) is 0. The molecule has 9 nitrogen and oxygen atoms in total. The zero-order valence-corrected chi connectivity index (χ0v) is 21.2. The van der Waals surface area contributed by atoms with Crippen LogP contribution in [-0.2, 0) is 4.79 Å². The molecule has 3 aliphatic rings. The predicted molar refractivity (Wildman–Crippen MR) is 136 cm³/mol. The number of anilines is 1. The monoisotopic (exact) mass is 495 g/mol. The predicted octanol–water partition coefficient (Wildman–Crippen LogP) is 3.43. The zero-order chi connectivity index (χ0) is 25.8. The molecule has 1 N–H and O–H groups in total. The van der Waals surface area contributed by atoms with Gasteiger partial charge in [-0.05, 0) is 80.7 Å². The second-order valence-corrected chi connectivity index (χ2v) is 10.8. The fraction of sp³-hybridized carbons (Fsp3) is 0.429. The summed E-state index contributed by atoms with van der Waals surface area (Å²) in [4.78, 5) is 31.6. The molecule has 3 atom stereocenters. The van der Waals surface area contributed by atoms with Crippen LogP contribution in [0.4, 0.5) is 5.82 Å². The Morgan fingerprint density at radius 3 is 2.73 bits per heavy atom. The lowest BCUT2D eigenvalue weighted by molar-refractivity contribution is -0.118. The van der Waals surface area contributed by atoms with Crippen LogP contribution in [0.3, 0.4) is 0 Å². The smallest absolute Gasteiger partial charge is 0.273 e. The molecule has 0 spiro atoms. The van der Waals surface area contributed by atoms with Crippen LogP contribution in [-0.4, -0.2) is 44.4 Å². The fourth-order valence-electron chi connectivity index (χ4n) is 5.70. The molecule has 0 radical (unpaired) electrons. The topological polar surface area (TPSA) is 117 Å². The van der Waals surface area contributed by atoms with Gasteiger partial charge in [0.05, 0.1) is 23.9 Å². The number of fused-ring (bicyclic) bond motifs is 1. The number of aromatic nitrogens is 4. The van der Waals surface area contributed by atoms with Gasteiger partial charge in [0.2, 0.25) is 5.91 Å². The molecule has 37 heavy (non-hydrogen) atoms. The molecule has 6 rings (SSSR count). The first-order chi connectivity index (χ1) is 17.8. The highest BCUT2D eigenvalue weighted by atomic mass is 16.2. The van der Waals surface area contributed by atoms with E-state index in [1.54, 1.807) is 22.0 Å². The number of carbonyl (C=O) groups is 2. The van der Waals surface area contributed by atoms with Gasteiger partial charge in [-0.25, -0.2) is 9.67 Å². The number of pyridine rings is 1. The molecule has 188 valence electrons. The van der Waals surface area contributed by atoms with E-state index in [1.807, 2.05) is 39.0 Å². The van der Waals surface area contributed by atoms with Gasteiger partial charge in [-0.1, -0.05) is 22.9 Å². The number of hydrogen-bond donors (Lipinski definition) is 1. The summed E-state index contributed by atoms with van der Waals surface area (Å²) < 4.78 is 1.67. The quantitative estimate of drug-likeness (QED) is 0.560. The zero-order valence-electron chi connectivity index (χ0n) is 21.2. The molecule has 2 saturated carbocycles. The van der Waals surface area contributed by atoms with Crippen molar-refractivity contribution in [2.24, 2.45) is 11.8 Å². The largest absolute Gasteiger partial charge is 0.348 e. The van der Waals surface area contributed by atoms with Crippen LogP contribution < -0.4 is 10.2 Å². The van der Waals surface area contributed by atoms with Gasteiger partial charge in [0, 0.05) is 24.7 Å². The molecule has 3 fully saturated rings.